The fourth-order valence-electron chi connectivity index (χ4n) is 3.09. The number of allylic oxidation sites excluding steroid dienone is 2. The summed E-state index contributed by atoms with van der Waals surface area (Å²) in [6.45, 7) is 1.01. The average molecular weight is 305 g/mol. The summed E-state index contributed by atoms with van der Waals surface area (Å²) in [5, 5.41) is 0. The molecule has 21 heavy (non-hydrogen) atoms. The topological polar surface area (TPSA) is 46.6 Å². The number of rotatable bonds is 5. The number of fused-ring (bicyclic) bond motifs is 3. The van der Waals surface area contributed by atoms with Gasteiger partial charge in [0, 0.05) is 18.2 Å². The van der Waals surface area contributed by atoms with Gasteiger partial charge in [0.2, 0.25) is 0 Å². The van der Waals surface area contributed by atoms with Crippen molar-refractivity contribution in [2.75, 3.05) is 24.3 Å². The third kappa shape index (κ3) is 3.04. The lowest BCUT2D eigenvalue weighted by Gasteiger charge is -2.28. The number of hydrogen-bond donors (Lipinski definition) is 0. The van der Waals surface area contributed by atoms with Crippen LogP contribution in [0, 0.1) is 0 Å². The van der Waals surface area contributed by atoms with E-state index in [0.29, 0.717) is 18.4 Å². The number of benzene rings is 1. The first-order valence-corrected chi connectivity index (χ1v) is 8.93. The van der Waals surface area contributed by atoms with E-state index in [1.807, 2.05) is 6.07 Å². The van der Waals surface area contributed by atoms with Gasteiger partial charge in [-0.3, -0.25) is 4.18 Å². The van der Waals surface area contributed by atoms with Gasteiger partial charge in [-0.1, -0.05) is 42.5 Å². The van der Waals surface area contributed by atoms with Crippen LogP contribution in [-0.2, 0) is 14.3 Å². The maximum atomic E-state index is 11.0. The second-order valence-corrected chi connectivity index (χ2v) is 7.06. The van der Waals surface area contributed by atoms with E-state index in [1.165, 1.54) is 11.3 Å². The smallest absolute Gasteiger partial charge is 0.264 e. The fraction of sp³-hybridized carbons (Fsp3) is 0.375. The Bertz CT molecular complexity index is 679. The molecule has 1 aliphatic heterocycles. The quantitative estimate of drug-likeness (QED) is 0.619. The summed E-state index contributed by atoms with van der Waals surface area (Å²) >= 11 is 0. The SMILES string of the molecule is CS(=O)(=O)OCCCN1c2ccccc2C2C=CC=CC21. The van der Waals surface area contributed by atoms with Gasteiger partial charge >= 0.3 is 0 Å². The lowest BCUT2D eigenvalue weighted by Crippen LogP contribution is -2.34. The van der Waals surface area contributed by atoms with Crippen LogP contribution in [0.1, 0.15) is 17.9 Å². The van der Waals surface area contributed by atoms with Crippen molar-refractivity contribution in [2.45, 2.75) is 18.4 Å². The van der Waals surface area contributed by atoms with Crippen molar-refractivity contribution in [1.82, 2.24) is 0 Å². The summed E-state index contributed by atoms with van der Waals surface area (Å²) in [5.74, 6) is 0.391. The third-order valence-electron chi connectivity index (χ3n) is 3.91. The van der Waals surface area contributed by atoms with Gasteiger partial charge in [0.15, 0.2) is 0 Å². The van der Waals surface area contributed by atoms with E-state index >= 15 is 0 Å². The largest absolute Gasteiger partial charge is 0.364 e. The molecule has 0 saturated heterocycles. The molecule has 0 fully saturated rings. The van der Waals surface area contributed by atoms with Crippen LogP contribution in [0.25, 0.3) is 0 Å². The van der Waals surface area contributed by atoms with Gasteiger partial charge in [-0.25, -0.2) is 0 Å². The predicted molar refractivity (Wildman–Crippen MR) is 84.0 cm³/mol. The van der Waals surface area contributed by atoms with E-state index in [9.17, 15) is 8.42 Å². The van der Waals surface area contributed by atoms with Gasteiger partial charge in [0.1, 0.15) is 0 Å². The Morgan fingerprint density at radius 2 is 1.95 bits per heavy atom. The molecule has 4 nitrogen and oxygen atoms in total. The number of hydrogen-bond acceptors (Lipinski definition) is 4. The minimum Gasteiger partial charge on any atom is -0.364 e. The normalized spacial score (nSPS) is 23.2. The molecular weight excluding hydrogens is 286 g/mol. The second kappa shape index (κ2) is 5.66. The van der Waals surface area contributed by atoms with Gasteiger partial charge in [-0.2, -0.15) is 8.42 Å². The highest BCUT2D eigenvalue weighted by Gasteiger charge is 2.35. The zero-order valence-corrected chi connectivity index (χ0v) is 12.8. The van der Waals surface area contributed by atoms with Crippen LogP contribution in [0.5, 0.6) is 0 Å². The highest BCUT2D eigenvalue weighted by atomic mass is 32.2. The Balaban J connectivity index is 1.72. The number of para-hydroxylation sites is 1. The van der Waals surface area contributed by atoms with E-state index in [1.54, 1.807) is 0 Å². The first-order chi connectivity index (χ1) is 10.1. The highest BCUT2D eigenvalue weighted by molar-refractivity contribution is 7.85. The second-order valence-electron chi connectivity index (χ2n) is 5.42. The monoisotopic (exact) mass is 305 g/mol. The Morgan fingerprint density at radius 1 is 1.19 bits per heavy atom. The average Bonchev–Trinajstić information content (AvgIpc) is 2.77. The summed E-state index contributed by atoms with van der Waals surface area (Å²) in [6, 6.07) is 8.74. The lowest BCUT2D eigenvalue weighted by atomic mass is 9.91. The summed E-state index contributed by atoms with van der Waals surface area (Å²) in [5.41, 5.74) is 2.58. The molecule has 0 N–H and O–H groups in total. The minimum atomic E-state index is -3.35. The van der Waals surface area contributed by atoms with Crippen molar-refractivity contribution in [3.63, 3.8) is 0 Å². The first kappa shape index (κ1) is 14.4. The molecule has 1 aromatic rings. The highest BCUT2D eigenvalue weighted by Crippen LogP contribution is 2.43. The zero-order valence-electron chi connectivity index (χ0n) is 12.0. The predicted octanol–water partition coefficient (Wildman–Crippen LogP) is 2.45. The van der Waals surface area contributed by atoms with Crippen LogP contribution in [0.3, 0.4) is 0 Å². The van der Waals surface area contributed by atoms with Crippen molar-refractivity contribution in [2.24, 2.45) is 0 Å². The Hall–Kier alpha value is -1.59. The van der Waals surface area contributed by atoms with E-state index < -0.39 is 10.1 Å². The minimum absolute atomic E-state index is 0.231. The molecule has 0 spiro atoms. The van der Waals surface area contributed by atoms with Crippen molar-refractivity contribution in [1.29, 1.82) is 0 Å². The van der Waals surface area contributed by atoms with E-state index in [0.717, 1.165) is 12.8 Å². The molecular formula is C16H19NO3S. The molecule has 0 aromatic heterocycles. The van der Waals surface area contributed by atoms with Crippen molar-refractivity contribution in [3.05, 3.63) is 54.1 Å². The maximum Gasteiger partial charge on any atom is 0.264 e. The molecule has 0 saturated carbocycles. The molecule has 2 atom stereocenters. The Labute approximate surface area is 125 Å². The maximum absolute atomic E-state index is 11.0. The van der Waals surface area contributed by atoms with E-state index in [4.69, 9.17) is 4.18 Å². The standard InChI is InChI=1S/C16H19NO3S/c1-21(18,19)20-12-6-11-17-15-9-4-2-7-13(15)14-8-3-5-10-16(14)17/h2-5,7-10,13,15H,6,11-12H2,1H3. The van der Waals surface area contributed by atoms with Crippen molar-refractivity contribution in [3.8, 4) is 0 Å². The molecule has 2 aliphatic rings. The van der Waals surface area contributed by atoms with Gasteiger partial charge in [0.05, 0.1) is 18.9 Å². The molecule has 1 heterocycles. The van der Waals surface area contributed by atoms with Crippen LogP contribution < -0.4 is 4.90 Å². The number of nitrogens with zero attached hydrogens (tertiary/aromatic N) is 1. The van der Waals surface area contributed by atoms with Gasteiger partial charge in [-0.15, -0.1) is 0 Å². The molecule has 3 rings (SSSR count). The number of anilines is 1. The fourth-order valence-corrected chi connectivity index (χ4v) is 3.51. The van der Waals surface area contributed by atoms with E-state index in [-0.39, 0.29) is 6.61 Å². The summed E-state index contributed by atoms with van der Waals surface area (Å²) in [4.78, 5) is 2.34. The first-order valence-electron chi connectivity index (χ1n) is 7.11. The van der Waals surface area contributed by atoms with Crippen LogP contribution >= 0.6 is 0 Å². The van der Waals surface area contributed by atoms with Gasteiger partial charge in [-0.05, 0) is 18.1 Å². The zero-order chi connectivity index (χ0) is 14.9. The van der Waals surface area contributed by atoms with E-state index in [2.05, 4.69) is 47.4 Å². The molecule has 5 heteroatoms. The van der Waals surface area contributed by atoms with Gasteiger partial charge < -0.3 is 4.90 Å². The summed E-state index contributed by atoms with van der Waals surface area (Å²) < 4.78 is 26.8. The van der Waals surface area contributed by atoms with Crippen LogP contribution in [0.4, 0.5) is 5.69 Å². The molecule has 1 aliphatic carbocycles. The van der Waals surface area contributed by atoms with Crippen LogP contribution in [0.2, 0.25) is 0 Å². The van der Waals surface area contributed by atoms with Crippen molar-refractivity contribution < 1.29 is 12.6 Å². The van der Waals surface area contributed by atoms with Crippen molar-refractivity contribution >= 4 is 15.8 Å². The Kier molecular flexibility index (Phi) is 3.87. The van der Waals surface area contributed by atoms with Gasteiger partial charge in [0.25, 0.3) is 10.1 Å². The molecule has 0 radical (unpaired) electrons. The molecule has 112 valence electrons. The third-order valence-corrected chi connectivity index (χ3v) is 4.51. The lowest BCUT2D eigenvalue weighted by molar-refractivity contribution is 0.316. The molecule has 2 unspecified atom stereocenters. The molecule has 1 aromatic carbocycles. The molecule has 0 bridgehead atoms. The summed E-state index contributed by atoms with van der Waals surface area (Å²) in [7, 11) is -3.35. The van der Waals surface area contributed by atoms with Crippen LogP contribution in [0.15, 0.2) is 48.6 Å². The van der Waals surface area contributed by atoms with Crippen LogP contribution in [-0.4, -0.2) is 33.9 Å². The summed E-state index contributed by atoms with van der Waals surface area (Å²) in [6.07, 6.45) is 10.4. The Morgan fingerprint density at radius 3 is 2.76 bits per heavy atom. The molecule has 0 amide bonds.